The van der Waals surface area contributed by atoms with Crippen molar-refractivity contribution >= 4 is 40.7 Å². The van der Waals surface area contributed by atoms with E-state index in [1.165, 1.54) is 17.7 Å². The van der Waals surface area contributed by atoms with Crippen molar-refractivity contribution in [1.29, 1.82) is 0 Å². The van der Waals surface area contributed by atoms with Crippen molar-refractivity contribution in [2.45, 2.75) is 63.8 Å². The Bertz CT molecular complexity index is 1200. The van der Waals surface area contributed by atoms with Gasteiger partial charge in [0.1, 0.15) is 16.9 Å². The highest BCUT2D eigenvalue weighted by Gasteiger charge is 2.42. The molecule has 184 valence electrons. The van der Waals surface area contributed by atoms with Gasteiger partial charge in [-0.05, 0) is 38.0 Å². The third-order valence-electron chi connectivity index (χ3n) is 7.02. The Kier molecular flexibility index (Phi) is 6.25. The molecule has 0 spiro atoms. The second-order valence-electron chi connectivity index (χ2n) is 9.65. The average Bonchev–Trinajstić information content (AvgIpc) is 3.24. The van der Waals surface area contributed by atoms with E-state index in [0.717, 1.165) is 39.9 Å². The molecular weight excluding hydrogens is 482 g/mol. The van der Waals surface area contributed by atoms with Crippen LogP contribution in [-0.4, -0.2) is 61.2 Å². The summed E-state index contributed by atoms with van der Waals surface area (Å²) in [5.41, 5.74) is 2.69. The highest BCUT2D eigenvalue weighted by Crippen LogP contribution is 2.39. The normalized spacial score (nSPS) is 25.6. The Hall–Kier alpha value is -2.47. The molecule has 4 unspecified atom stereocenters. The van der Waals surface area contributed by atoms with Crippen LogP contribution >= 0.6 is 22.7 Å². The number of thiazole rings is 2. The molecule has 2 saturated carbocycles. The van der Waals surface area contributed by atoms with E-state index in [0.29, 0.717) is 37.1 Å². The Morgan fingerprint density at radius 3 is 2.80 bits per heavy atom. The SMILES string of the molecule is Cc1nc(NCC2CC2)nc(NC2CC(Cc3nccs3)C(O)C2O)c1-c1nc2c(s1)CC=NC2. The molecular formula is C24H29N7O2S2. The van der Waals surface area contributed by atoms with Crippen LogP contribution in [-0.2, 0) is 19.4 Å². The van der Waals surface area contributed by atoms with E-state index in [2.05, 4.69) is 20.6 Å². The van der Waals surface area contributed by atoms with Crippen LogP contribution in [0.3, 0.4) is 0 Å². The topological polar surface area (TPSA) is 128 Å². The van der Waals surface area contributed by atoms with Gasteiger partial charge in [-0.2, -0.15) is 4.98 Å². The third kappa shape index (κ3) is 4.82. The zero-order valence-electron chi connectivity index (χ0n) is 19.5. The number of aromatic nitrogens is 4. The lowest BCUT2D eigenvalue weighted by Gasteiger charge is -2.21. The minimum atomic E-state index is -0.899. The number of aliphatic hydroxyl groups is 2. The fourth-order valence-electron chi connectivity index (χ4n) is 4.87. The zero-order valence-corrected chi connectivity index (χ0v) is 21.1. The highest BCUT2D eigenvalue weighted by atomic mass is 32.1. The van der Waals surface area contributed by atoms with Gasteiger partial charge in [-0.25, -0.2) is 15.0 Å². The molecule has 0 aromatic carbocycles. The molecule has 4 atom stereocenters. The van der Waals surface area contributed by atoms with E-state index in [9.17, 15) is 10.2 Å². The number of hydrogen-bond acceptors (Lipinski definition) is 11. The van der Waals surface area contributed by atoms with E-state index < -0.39 is 12.2 Å². The second-order valence-corrected chi connectivity index (χ2v) is 11.7. The molecule has 4 N–H and O–H groups in total. The summed E-state index contributed by atoms with van der Waals surface area (Å²) in [4.78, 5) is 24.4. The van der Waals surface area contributed by atoms with Gasteiger partial charge in [0.2, 0.25) is 5.95 Å². The lowest BCUT2D eigenvalue weighted by atomic mass is 10.0. The largest absolute Gasteiger partial charge is 0.390 e. The number of aryl methyl sites for hydroxylation is 1. The summed E-state index contributed by atoms with van der Waals surface area (Å²) < 4.78 is 0. The quantitative estimate of drug-likeness (QED) is 0.363. The molecule has 0 amide bonds. The number of anilines is 2. The predicted molar refractivity (Wildman–Crippen MR) is 138 cm³/mol. The van der Waals surface area contributed by atoms with Crippen molar-refractivity contribution in [2.24, 2.45) is 16.8 Å². The predicted octanol–water partition coefficient (Wildman–Crippen LogP) is 3.08. The first-order valence-corrected chi connectivity index (χ1v) is 13.9. The lowest BCUT2D eigenvalue weighted by molar-refractivity contribution is 0.0175. The van der Waals surface area contributed by atoms with Crippen LogP contribution in [0.4, 0.5) is 11.8 Å². The van der Waals surface area contributed by atoms with Crippen LogP contribution in [0.25, 0.3) is 10.6 Å². The molecule has 3 aromatic heterocycles. The molecule has 35 heavy (non-hydrogen) atoms. The number of hydrogen-bond donors (Lipinski definition) is 4. The summed E-state index contributed by atoms with van der Waals surface area (Å²) in [6, 6.07) is -0.336. The van der Waals surface area contributed by atoms with Crippen LogP contribution < -0.4 is 10.6 Å². The zero-order chi connectivity index (χ0) is 23.9. The van der Waals surface area contributed by atoms with Crippen molar-refractivity contribution in [1.82, 2.24) is 19.9 Å². The number of fused-ring (bicyclic) bond motifs is 1. The number of aliphatic imine (C=N–C) groups is 1. The molecule has 11 heteroatoms. The second kappa shape index (κ2) is 9.53. The van der Waals surface area contributed by atoms with Crippen LogP contribution in [0, 0.1) is 18.8 Å². The van der Waals surface area contributed by atoms with Gasteiger partial charge < -0.3 is 20.8 Å². The Morgan fingerprint density at radius 2 is 2.03 bits per heavy atom. The molecule has 0 saturated heterocycles. The fraction of sp³-hybridized carbons (Fsp3) is 0.542. The van der Waals surface area contributed by atoms with Crippen LogP contribution in [0.15, 0.2) is 16.6 Å². The minimum Gasteiger partial charge on any atom is -0.390 e. The smallest absolute Gasteiger partial charge is 0.224 e. The third-order valence-corrected chi connectivity index (χ3v) is 8.96. The maximum absolute atomic E-state index is 10.9. The molecule has 2 aliphatic carbocycles. The average molecular weight is 512 g/mol. The van der Waals surface area contributed by atoms with E-state index in [1.54, 1.807) is 28.9 Å². The fourth-order valence-corrected chi connectivity index (χ4v) is 6.70. The van der Waals surface area contributed by atoms with E-state index in [1.807, 2.05) is 18.5 Å². The summed E-state index contributed by atoms with van der Waals surface area (Å²) >= 11 is 3.23. The summed E-state index contributed by atoms with van der Waals surface area (Å²) in [6.07, 6.45) is 6.55. The molecule has 3 aliphatic rings. The first-order chi connectivity index (χ1) is 17.0. The van der Waals surface area contributed by atoms with Gasteiger partial charge in [-0.15, -0.1) is 22.7 Å². The molecule has 2 fully saturated rings. The van der Waals surface area contributed by atoms with Crippen molar-refractivity contribution in [3.63, 3.8) is 0 Å². The van der Waals surface area contributed by atoms with Gasteiger partial charge in [0, 0.05) is 42.1 Å². The van der Waals surface area contributed by atoms with Gasteiger partial charge in [0.25, 0.3) is 0 Å². The van der Waals surface area contributed by atoms with Gasteiger partial charge >= 0.3 is 0 Å². The maximum Gasteiger partial charge on any atom is 0.224 e. The molecule has 3 aromatic rings. The van der Waals surface area contributed by atoms with Crippen molar-refractivity contribution in [2.75, 3.05) is 17.2 Å². The summed E-state index contributed by atoms with van der Waals surface area (Å²) in [6.45, 7) is 3.44. The van der Waals surface area contributed by atoms with Gasteiger partial charge in [-0.3, -0.25) is 4.99 Å². The van der Waals surface area contributed by atoms with E-state index in [-0.39, 0.29) is 12.0 Å². The number of rotatable bonds is 8. The van der Waals surface area contributed by atoms with Crippen LogP contribution in [0.5, 0.6) is 0 Å². The standard InChI is InChI=1S/C24H29N7O2S2/c1-12-19(23-30-16-11-25-5-4-17(16)35-23)22(31-24(28-12)27-10-13-2-3-13)29-15-8-14(20(32)21(15)33)9-18-26-6-7-34-18/h5-7,13-15,20-21,32-33H,2-4,8-11H2,1H3,(H2,27,28,29,31). The first kappa shape index (κ1) is 23.0. The number of nitrogens with one attached hydrogen (secondary N) is 2. The molecule has 9 nitrogen and oxygen atoms in total. The Morgan fingerprint density at radius 1 is 1.14 bits per heavy atom. The van der Waals surface area contributed by atoms with Crippen molar-refractivity contribution < 1.29 is 10.2 Å². The lowest BCUT2D eigenvalue weighted by Crippen LogP contribution is -2.35. The molecule has 0 bridgehead atoms. The number of aliphatic hydroxyl groups excluding tert-OH is 2. The van der Waals surface area contributed by atoms with Crippen LogP contribution in [0.2, 0.25) is 0 Å². The van der Waals surface area contributed by atoms with E-state index >= 15 is 0 Å². The van der Waals surface area contributed by atoms with Crippen molar-refractivity contribution in [3.05, 3.63) is 32.8 Å². The molecule has 6 rings (SSSR count). The molecule has 0 radical (unpaired) electrons. The maximum atomic E-state index is 10.9. The molecule has 1 aliphatic heterocycles. The van der Waals surface area contributed by atoms with Gasteiger partial charge in [0.15, 0.2) is 0 Å². The van der Waals surface area contributed by atoms with Gasteiger partial charge in [-0.1, -0.05) is 0 Å². The van der Waals surface area contributed by atoms with Gasteiger partial charge in [0.05, 0.1) is 40.6 Å². The summed E-state index contributed by atoms with van der Waals surface area (Å²) in [5, 5.41) is 32.3. The van der Waals surface area contributed by atoms with Crippen molar-refractivity contribution in [3.8, 4) is 10.6 Å². The monoisotopic (exact) mass is 511 g/mol. The number of nitrogens with zero attached hydrogens (tertiary/aromatic N) is 5. The van der Waals surface area contributed by atoms with Crippen LogP contribution in [0.1, 0.15) is 40.5 Å². The highest BCUT2D eigenvalue weighted by molar-refractivity contribution is 7.15. The Labute approximate surface area is 211 Å². The molecule has 4 heterocycles. The van der Waals surface area contributed by atoms with E-state index in [4.69, 9.17) is 15.0 Å². The minimum absolute atomic E-state index is 0.0724. The Balaban J connectivity index is 1.30. The summed E-state index contributed by atoms with van der Waals surface area (Å²) in [5.74, 6) is 1.85. The summed E-state index contributed by atoms with van der Waals surface area (Å²) in [7, 11) is 0. The first-order valence-electron chi connectivity index (χ1n) is 12.2.